The normalized spacial score (nSPS) is 24.5. The third kappa shape index (κ3) is 7.21. The Balaban J connectivity index is 3.36. The van der Waals surface area contributed by atoms with Gasteiger partial charge in [0.1, 0.15) is 12.4 Å². The summed E-state index contributed by atoms with van der Waals surface area (Å²) >= 11 is 0. The summed E-state index contributed by atoms with van der Waals surface area (Å²) in [5.41, 5.74) is 0. The molecular formula is C24H50O5Si2. The van der Waals surface area contributed by atoms with E-state index in [1.807, 2.05) is 20.8 Å². The second-order valence-electron chi connectivity index (χ2n) is 12.9. The predicted octanol–water partition coefficient (Wildman–Crippen LogP) is 6.39. The SMILES string of the molecule is C[C@@H]([C@H](O[Si](C)(C)C(C)(C)C)[C@H](C)C=O)[C@H](O[Si](C)(C)C(C)(C)C)[C@H]1COC(C)(C)O1. The first-order valence-corrected chi connectivity index (χ1v) is 17.6. The van der Waals surface area contributed by atoms with Crippen LogP contribution in [0.25, 0.3) is 0 Å². The van der Waals surface area contributed by atoms with E-state index in [4.69, 9.17) is 18.3 Å². The number of carbonyl (C=O) groups excluding carboxylic acids is 1. The van der Waals surface area contributed by atoms with E-state index in [9.17, 15) is 4.79 Å². The summed E-state index contributed by atoms with van der Waals surface area (Å²) in [7, 11) is -4.19. The van der Waals surface area contributed by atoms with Crippen molar-refractivity contribution < 1.29 is 23.1 Å². The maximum atomic E-state index is 11.9. The Morgan fingerprint density at radius 1 is 0.935 bits per heavy atom. The van der Waals surface area contributed by atoms with Gasteiger partial charge in [0.2, 0.25) is 0 Å². The molecule has 0 aromatic heterocycles. The number of ether oxygens (including phenoxy) is 2. The van der Waals surface area contributed by atoms with Crippen molar-refractivity contribution in [2.24, 2.45) is 11.8 Å². The summed E-state index contributed by atoms with van der Waals surface area (Å²) < 4.78 is 26.0. The van der Waals surface area contributed by atoms with Gasteiger partial charge in [0.25, 0.3) is 0 Å². The first-order chi connectivity index (χ1) is 13.7. The van der Waals surface area contributed by atoms with Crippen LogP contribution in [0.4, 0.5) is 0 Å². The molecule has 0 radical (unpaired) electrons. The quantitative estimate of drug-likeness (QED) is 0.286. The Kier molecular flexibility index (Phi) is 9.03. The van der Waals surface area contributed by atoms with E-state index in [1.165, 1.54) is 0 Å². The van der Waals surface area contributed by atoms with Gasteiger partial charge in [-0.3, -0.25) is 0 Å². The van der Waals surface area contributed by atoms with E-state index in [1.54, 1.807) is 0 Å². The van der Waals surface area contributed by atoms with Crippen molar-refractivity contribution in [2.75, 3.05) is 6.61 Å². The molecule has 0 unspecified atom stereocenters. The van der Waals surface area contributed by atoms with Crippen molar-refractivity contribution in [2.45, 2.75) is 130 Å². The molecule has 1 rings (SSSR count). The second-order valence-corrected chi connectivity index (χ2v) is 22.4. The highest BCUT2D eigenvalue weighted by Crippen LogP contribution is 2.43. The van der Waals surface area contributed by atoms with Crippen molar-refractivity contribution in [3.63, 3.8) is 0 Å². The Morgan fingerprint density at radius 2 is 1.39 bits per heavy atom. The van der Waals surface area contributed by atoms with Crippen LogP contribution >= 0.6 is 0 Å². The number of rotatable bonds is 9. The lowest BCUT2D eigenvalue weighted by Gasteiger charge is -2.47. The minimum Gasteiger partial charge on any atom is -0.413 e. The van der Waals surface area contributed by atoms with E-state index in [0.29, 0.717) is 6.61 Å². The highest BCUT2D eigenvalue weighted by atomic mass is 28.4. The third-order valence-corrected chi connectivity index (χ3v) is 16.6. The molecule has 1 aliphatic heterocycles. The van der Waals surface area contributed by atoms with Gasteiger partial charge in [-0.05, 0) is 50.1 Å². The summed E-state index contributed by atoms with van der Waals surface area (Å²) in [4.78, 5) is 11.9. The van der Waals surface area contributed by atoms with Gasteiger partial charge >= 0.3 is 0 Å². The van der Waals surface area contributed by atoms with Gasteiger partial charge in [-0.15, -0.1) is 0 Å². The van der Waals surface area contributed by atoms with Gasteiger partial charge in [0.05, 0.1) is 18.8 Å². The fourth-order valence-corrected chi connectivity index (χ4v) is 6.25. The van der Waals surface area contributed by atoms with Crippen LogP contribution in [0.3, 0.4) is 0 Å². The molecule has 0 N–H and O–H groups in total. The van der Waals surface area contributed by atoms with Crippen LogP contribution in [-0.4, -0.2) is 53.6 Å². The smallest absolute Gasteiger partial charge is 0.192 e. The van der Waals surface area contributed by atoms with Gasteiger partial charge in [0, 0.05) is 11.8 Å². The first-order valence-electron chi connectivity index (χ1n) is 11.8. The summed E-state index contributed by atoms with van der Waals surface area (Å²) in [6.45, 7) is 30.9. The van der Waals surface area contributed by atoms with Gasteiger partial charge in [-0.1, -0.05) is 55.4 Å². The Bertz CT molecular complexity index is 604. The van der Waals surface area contributed by atoms with E-state index < -0.39 is 22.4 Å². The fourth-order valence-electron chi connectivity index (χ4n) is 3.39. The molecule has 184 valence electrons. The van der Waals surface area contributed by atoms with Crippen molar-refractivity contribution >= 4 is 22.9 Å². The van der Waals surface area contributed by atoms with E-state index >= 15 is 0 Å². The summed E-state index contributed by atoms with van der Waals surface area (Å²) in [6, 6.07) is 0. The molecule has 0 saturated carbocycles. The maximum Gasteiger partial charge on any atom is 0.192 e. The Hall–Kier alpha value is -0.0562. The Labute approximate surface area is 194 Å². The van der Waals surface area contributed by atoms with Crippen LogP contribution in [0.2, 0.25) is 36.3 Å². The van der Waals surface area contributed by atoms with Crippen molar-refractivity contribution in [1.29, 1.82) is 0 Å². The molecule has 7 heteroatoms. The molecular weight excluding hydrogens is 424 g/mol. The lowest BCUT2D eigenvalue weighted by Crippen LogP contribution is -2.55. The number of aldehydes is 1. The van der Waals surface area contributed by atoms with Crippen LogP contribution < -0.4 is 0 Å². The molecule has 1 heterocycles. The summed E-state index contributed by atoms with van der Waals surface area (Å²) in [5.74, 6) is -0.887. The molecule has 0 spiro atoms. The van der Waals surface area contributed by atoms with E-state index in [2.05, 4.69) is 74.7 Å². The number of hydrogen-bond donors (Lipinski definition) is 0. The van der Waals surface area contributed by atoms with Gasteiger partial charge in [-0.2, -0.15) is 0 Å². The molecule has 1 saturated heterocycles. The molecule has 5 nitrogen and oxygen atoms in total. The monoisotopic (exact) mass is 474 g/mol. The zero-order valence-electron chi connectivity index (χ0n) is 22.7. The average Bonchev–Trinajstić information content (AvgIpc) is 2.94. The highest BCUT2D eigenvalue weighted by molar-refractivity contribution is 6.74. The minimum absolute atomic E-state index is 0.0223. The van der Waals surface area contributed by atoms with Crippen LogP contribution in [0, 0.1) is 11.8 Å². The number of carbonyl (C=O) groups is 1. The van der Waals surface area contributed by atoms with Gasteiger partial charge in [-0.25, -0.2) is 0 Å². The van der Waals surface area contributed by atoms with Crippen molar-refractivity contribution in [3.8, 4) is 0 Å². The molecule has 0 aliphatic carbocycles. The fraction of sp³-hybridized carbons (Fsp3) is 0.958. The summed E-state index contributed by atoms with van der Waals surface area (Å²) in [5, 5.41) is 0.115. The van der Waals surface area contributed by atoms with Crippen LogP contribution in [0.15, 0.2) is 0 Å². The van der Waals surface area contributed by atoms with Crippen LogP contribution in [0.1, 0.15) is 69.2 Å². The molecule has 0 bridgehead atoms. The first kappa shape index (κ1) is 29.0. The van der Waals surface area contributed by atoms with E-state index in [0.717, 1.165) is 6.29 Å². The van der Waals surface area contributed by atoms with E-state index in [-0.39, 0.29) is 40.2 Å². The molecule has 0 aromatic rings. The average molecular weight is 475 g/mol. The molecule has 0 aromatic carbocycles. The molecule has 1 aliphatic rings. The Morgan fingerprint density at radius 3 is 1.74 bits per heavy atom. The second kappa shape index (κ2) is 9.67. The highest BCUT2D eigenvalue weighted by Gasteiger charge is 2.49. The molecule has 5 atom stereocenters. The zero-order chi connectivity index (χ0) is 24.6. The van der Waals surface area contributed by atoms with Gasteiger partial charge in [0.15, 0.2) is 22.4 Å². The number of hydrogen-bond acceptors (Lipinski definition) is 5. The van der Waals surface area contributed by atoms with Crippen LogP contribution in [-0.2, 0) is 23.1 Å². The molecule has 1 fully saturated rings. The van der Waals surface area contributed by atoms with Crippen molar-refractivity contribution in [3.05, 3.63) is 0 Å². The maximum absolute atomic E-state index is 11.9. The van der Waals surface area contributed by atoms with Crippen molar-refractivity contribution in [1.82, 2.24) is 0 Å². The standard InChI is InChI=1S/C24H50O5Si2/c1-17(15-25)20(28-30(11,12)22(3,4)5)18(2)21(19-16-26-24(9,10)27-19)29-31(13,14)23(6,7)8/h15,17-21H,16H2,1-14H3/t17-,18+,19-,20-,21+/m1/s1. The lowest BCUT2D eigenvalue weighted by molar-refractivity contribution is -0.157. The minimum atomic E-state index is -2.10. The molecule has 31 heavy (non-hydrogen) atoms. The lowest BCUT2D eigenvalue weighted by atomic mass is 9.88. The predicted molar refractivity (Wildman–Crippen MR) is 133 cm³/mol. The largest absolute Gasteiger partial charge is 0.413 e. The topological polar surface area (TPSA) is 54.0 Å². The summed E-state index contributed by atoms with van der Waals surface area (Å²) in [6.07, 6.45) is 0.386. The third-order valence-electron chi connectivity index (χ3n) is 7.64. The zero-order valence-corrected chi connectivity index (χ0v) is 24.7. The van der Waals surface area contributed by atoms with Crippen LogP contribution in [0.5, 0.6) is 0 Å². The van der Waals surface area contributed by atoms with Gasteiger partial charge < -0.3 is 23.1 Å². The molecule has 0 amide bonds.